The van der Waals surface area contributed by atoms with E-state index in [0.29, 0.717) is 6.61 Å². The Balaban J connectivity index is 2.34. The monoisotopic (exact) mass is 360 g/mol. The highest BCUT2D eigenvalue weighted by atomic mass is 79.9. The maximum atomic E-state index is 13.7. The largest absolute Gasteiger partial charge is 0.464 e. The molecule has 0 unspecified atom stereocenters. The number of anilines is 3. The van der Waals surface area contributed by atoms with E-state index in [1.165, 1.54) is 6.07 Å². The van der Waals surface area contributed by atoms with E-state index in [9.17, 15) is 8.78 Å². The maximum absolute atomic E-state index is 13.7. The molecule has 112 valence electrons. The smallest absolute Gasteiger partial charge is 0.323 e. The van der Waals surface area contributed by atoms with E-state index in [1.807, 2.05) is 0 Å². The summed E-state index contributed by atoms with van der Waals surface area (Å²) in [6.07, 6.45) is 0. The van der Waals surface area contributed by atoms with Gasteiger partial charge in [0.05, 0.1) is 16.8 Å². The first-order valence-corrected chi connectivity index (χ1v) is 6.59. The zero-order valence-corrected chi connectivity index (χ0v) is 12.4. The molecule has 1 aromatic carbocycles. The molecule has 21 heavy (non-hydrogen) atoms. The number of hydrazine groups is 1. The molecule has 0 atom stereocenters. The molecule has 7 nitrogen and oxygen atoms in total. The molecule has 0 amide bonds. The van der Waals surface area contributed by atoms with Crippen LogP contribution in [0.3, 0.4) is 0 Å². The number of ether oxygens (including phenoxy) is 1. The van der Waals surface area contributed by atoms with Gasteiger partial charge in [-0.05, 0) is 28.9 Å². The molecule has 0 saturated carbocycles. The predicted octanol–water partition coefficient (Wildman–Crippen LogP) is 2.34. The molecular weight excluding hydrogens is 350 g/mol. The Labute approximate surface area is 127 Å². The molecule has 0 aliphatic rings. The van der Waals surface area contributed by atoms with Gasteiger partial charge in [0, 0.05) is 6.07 Å². The molecule has 0 saturated heterocycles. The molecular formula is C11H11BrF2N6O. The van der Waals surface area contributed by atoms with Crippen LogP contribution in [0.1, 0.15) is 6.92 Å². The van der Waals surface area contributed by atoms with Crippen molar-refractivity contribution >= 4 is 33.5 Å². The summed E-state index contributed by atoms with van der Waals surface area (Å²) < 4.78 is 32.1. The SMILES string of the molecule is CCOc1nc(NN)nc(Nc2cc(Br)c(F)cc2F)n1. The number of hydrogen-bond acceptors (Lipinski definition) is 7. The second-order valence-corrected chi connectivity index (χ2v) is 4.57. The van der Waals surface area contributed by atoms with Crippen molar-refractivity contribution in [2.75, 3.05) is 17.3 Å². The van der Waals surface area contributed by atoms with Gasteiger partial charge in [0.25, 0.3) is 0 Å². The Hall–Kier alpha value is -2.07. The van der Waals surface area contributed by atoms with E-state index < -0.39 is 11.6 Å². The summed E-state index contributed by atoms with van der Waals surface area (Å²) in [4.78, 5) is 11.7. The Morgan fingerprint density at radius 2 is 1.90 bits per heavy atom. The summed E-state index contributed by atoms with van der Waals surface area (Å²) in [5.41, 5.74) is 2.23. The van der Waals surface area contributed by atoms with Crippen LogP contribution < -0.4 is 21.3 Å². The summed E-state index contributed by atoms with van der Waals surface area (Å²) in [7, 11) is 0. The second-order valence-electron chi connectivity index (χ2n) is 3.71. The van der Waals surface area contributed by atoms with Gasteiger partial charge in [0.15, 0.2) is 0 Å². The number of aromatic nitrogens is 3. The third-order valence-electron chi connectivity index (χ3n) is 2.27. The summed E-state index contributed by atoms with van der Waals surface area (Å²) in [6, 6.07) is 1.98. The third-order valence-corrected chi connectivity index (χ3v) is 2.88. The van der Waals surface area contributed by atoms with E-state index in [4.69, 9.17) is 10.6 Å². The number of nitrogen functional groups attached to an aromatic ring is 1. The number of nitrogens with one attached hydrogen (secondary N) is 2. The minimum atomic E-state index is -0.795. The molecule has 0 aliphatic heterocycles. The van der Waals surface area contributed by atoms with Crippen LogP contribution in [0.5, 0.6) is 6.01 Å². The number of benzene rings is 1. The van der Waals surface area contributed by atoms with Crippen LogP contribution in [0.4, 0.5) is 26.4 Å². The van der Waals surface area contributed by atoms with Crippen LogP contribution in [-0.2, 0) is 0 Å². The van der Waals surface area contributed by atoms with Crippen molar-refractivity contribution in [2.45, 2.75) is 6.92 Å². The topological polar surface area (TPSA) is 98.0 Å². The summed E-state index contributed by atoms with van der Waals surface area (Å²) in [5, 5.41) is 2.60. The van der Waals surface area contributed by atoms with Crippen LogP contribution in [0.15, 0.2) is 16.6 Å². The quantitative estimate of drug-likeness (QED) is 0.427. The molecule has 0 spiro atoms. The van der Waals surface area contributed by atoms with Gasteiger partial charge in [-0.3, -0.25) is 5.43 Å². The molecule has 2 aromatic rings. The highest BCUT2D eigenvalue weighted by molar-refractivity contribution is 9.10. The van der Waals surface area contributed by atoms with E-state index >= 15 is 0 Å². The average molecular weight is 361 g/mol. The van der Waals surface area contributed by atoms with Crippen molar-refractivity contribution in [3.05, 3.63) is 28.2 Å². The highest BCUT2D eigenvalue weighted by Gasteiger charge is 2.12. The lowest BCUT2D eigenvalue weighted by Crippen LogP contribution is -2.13. The number of rotatable bonds is 5. The maximum Gasteiger partial charge on any atom is 0.323 e. The zero-order valence-electron chi connectivity index (χ0n) is 10.8. The Bertz CT molecular complexity index is 657. The third kappa shape index (κ3) is 3.73. The highest BCUT2D eigenvalue weighted by Crippen LogP contribution is 2.26. The number of hydrogen-bond donors (Lipinski definition) is 3. The van der Waals surface area contributed by atoms with Gasteiger partial charge < -0.3 is 10.1 Å². The van der Waals surface area contributed by atoms with Crippen LogP contribution in [-0.4, -0.2) is 21.6 Å². The molecule has 0 fully saturated rings. The van der Waals surface area contributed by atoms with E-state index in [0.717, 1.165) is 6.07 Å². The van der Waals surface area contributed by atoms with Gasteiger partial charge in [-0.2, -0.15) is 15.0 Å². The minimum Gasteiger partial charge on any atom is -0.464 e. The fourth-order valence-corrected chi connectivity index (χ4v) is 1.75. The average Bonchev–Trinajstić information content (AvgIpc) is 2.45. The van der Waals surface area contributed by atoms with E-state index in [2.05, 4.69) is 41.6 Å². The lowest BCUT2D eigenvalue weighted by Gasteiger charge is -2.09. The van der Waals surface area contributed by atoms with Crippen LogP contribution in [0.2, 0.25) is 0 Å². The number of halogens is 3. The summed E-state index contributed by atoms with van der Waals surface area (Å²) >= 11 is 2.97. The molecule has 0 bridgehead atoms. The van der Waals surface area contributed by atoms with Crippen molar-refractivity contribution < 1.29 is 13.5 Å². The van der Waals surface area contributed by atoms with Gasteiger partial charge in [0.1, 0.15) is 11.6 Å². The van der Waals surface area contributed by atoms with Gasteiger partial charge in [0.2, 0.25) is 11.9 Å². The van der Waals surface area contributed by atoms with Crippen molar-refractivity contribution in [1.82, 2.24) is 15.0 Å². The Kier molecular flexibility index (Phi) is 4.81. The second kappa shape index (κ2) is 6.59. The van der Waals surface area contributed by atoms with Gasteiger partial charge in [-0.1, -0.05) is 0 Å². The Morgan fingerprint density at radius 1 is 1.19 bits per heavy atom. The molecule has 10 heteroatoms. The van der Waals surface area contributed by atoms with Crippen LogP contribution in [0, 0.1) is 11.6 Å². The lowest BCUT2D eigenvalue weighted by atomic mass is 10.3. The van der Waals surface area contributed by atoms with Crippen LogP contribution in [0.25, 0.3) is 0 Å². The molecule has 0 radical (unpaired) electrons. The molecule has 1 heterocycles. The van der Waals surface area contributed by atoms with Gasteiger partial charge in [-0.15, -0.1) is 0 Å². The fourth-order valence-electron chi connectivity index (χ4n) is 1.41. The van der Waals surface area contributed by atoms with E-state index in [1.54, 1.807) is 6.92 Å². The Morgan fingerprint density at radius 3 is 2.57 bits per heavy atom. The predicted molar refractivity (Wildman–Crippen MR) is 76.1 cm³/mol. The van der Waals surface area contributed by atoms with Crippen molar-refractivity contribution in [2.24, 2.45) is 5.84 Å². The normalized spacial score (nSPS) is 10.3. The summed E-state index contributed by atoms with van der Waals surface area (Å²) in [6.45, 7) is 2.09. The first-order chi connectivity index (χ1) is 10.0. The number of nitrogens with two attached hydrogens (primary N) is 1. The van der Waals surface area contributed by atoms with Gasteiger partial charge >= 0.3 is 6.01 Å². The van der Waals surface area contributed by atoms with Crippen molar-refractivity contribution in [1.29, 1.82) is 0 Å². The molecule has 1 aromatic heterocycles. The zero-order chi connectivity index (χ0) is 15.4. The minimum absolute atomic E-state index is 0.00110. The van der Waals surface area contributed by atoms with Crippen LogP contribution >= 0.6 is 15.9 Å². The fraction of sp³-hybridized carbons (Fsp3) is 0.182. The van der Waals surface area contributed by atoms with E-state index in [-0.39, 0.29) is 28.1 Å². The standard InChI is InChI=1S/C11H11BrF2N6O/c1-2-21-11-18-9(17-10(19-11)20-15)16-8-3-5(12)6(13)4-7(8)14/h3-4H,2,15H2,1H3,(H2,16,17,18,19,20). The molecule has 2 rings (SSSR count). The van der Waals surface area contributed by atoms with Crippen molar-refractivity contribution in [3.63, 3.8) is 0 Å². The first-order valence-electron chi connectivity index (χ1n) is 5.80. The molecule has 4 N–H and O–H groups in total. The summed E-state index contributed by atoms with van der Waals surface area (Å²) in [5.74, 6) is 3.76. The van der Waals surface area contributed by atoms with Gasteiger partial charge in [-0.25, -0.2) is 14.6 Å². The lowest BCUT2D eigenvalue weighted by molar-refractivity contribution is 0.312. The molecule has 0 aliphatic carbocycles. The number of nitrogens with zero attached hydrogens (tertiary/aromatic N) is 3. The van der Waals surface area contributed by atoms with Crippen molar-refractivity contribution in [3.8, 4) is 6.01 Å². The first kappa shape index (κ1) is 15.3.